The molecule has 2 amide bonds. The van der Waals surface area contributed by atoms with Crippen molar-refractivity contribution >= 4 is 23.4 Å². The van der Waals surface area contributed by atoms with Crippen LogP contribution in [0.4, 0.5) is 0 Å². The summed E-state index contributed by atoms with van der Waals surface area (Å²) in [6.45, 7) is 22.4. The lowest BCUT2D eigenvalue weighted by Gasteiger charge is -2.72. The lowest BCUT2D eigenvalue weighted by Crippen LogP contribution is -2.65. The van der Waals surface area contributed by atoms with Crippen LogP contribution in [-0.4, -0.2) is 72.5 Å². The van der Waals surface area contributed by atoms with E-state index in [1.54, 1.807) is 18.2 Å². The number of hydrogen-bond donors (Lipinski definition) is 2. The zero-order valence-corrected chi connectivity index (χ0v) is 36.0. The Morgan fingerprint density at radius 1 is 0.857 bits per heavy atom. The first-order valence-electron chi connectivity index (χ1n) is 22.4. The smallest absolute Gasteiger partial charge is 0.335 e. The van der Waals surface area contributed by atoms with E-state index < -0.39 is 5.97 Å². The Balaban J connectivity index is 0.00000155. The van der Waals surface area contributed by atoms with Crippen molar-refractivity contribution in [1.82, 2.24) is 15.1 Å². The van der Waals surface area contributed by atoms with Crippen molar-refractivity contribution in [1.29, 1.82) is 0 Å². The van der Waals surface area contributed by atoms with E-state index in [1.807, 2.05) is 35.9 Å². The van der Waals surface area contributed by atoms with Crippen LogP contribution in [0.5, 0.6) is 0 Å². The van der Waals surface area contributed by atoms with Gasteiger partial charge in [-0.3, -0.25) is 9.59 Å². The number of hydrogen-bond acceptors (Lipinski definition) is 4. The minimum atomic E-state index is -0.864. The molecule has 2 aliphatic heterocycles. The maximum atomic E-state index is 13.3. The van der Waals surface area contributed by atoms with Gasteiger partial charge in [-0.2, -0.15) is 0 Å². The molecule has 7 heteroatoms. The van der Waals surface area contributed by atoms with Gasteiger partial charge in [0.15, 0.2) is 0 Å². The van der Waals surface area contributed by atoms with Gasteiger partial charge in [0.05, 0.1) is 11.0 Å². The summed E-state index contributed by atoms with van der Waals surface area (Å²) in [5.74, 6) is 2.53. The van der Waals surface area contributed by atoms with Gasteiger partial charge in [0.1, 0.15) is 0 Å². The van der Waals surface area contributed by atoms with Gasteiger partial charge in [0, 0.05) is 46.2 Å². The lowest BCUT2D eigenvalue weighted by molar-refractivity contribution is -0.222. The zero-order chi connectivity index (χ0) is 40.3. The molecule has 4 saturated carbocycles. The fourth-order valence-electron chi connectivity index (χ4n) is 15.2. The lowest BCUT2D eigenvalue weighted by atomic mass is 9.32. The summed E-state index contributed by atoms with van der Waals surface area (Å²) in [4.78, 5) is 41.5. The number of rotatable bonds is 7. The Labute approximate surface area is 338 Å². The standard InChI is InChI=1S/C46H67N3O4.C3H6/c1-41(2)33(31-9-11-32(12-10-31)39(51)52)15-19-42(3)36(41)16-20-44(5)37(42)14-13-34-35-8-7-18-46(35,22-21-43(34,44)4)30-47-26-17-38(50)49-28-24-45(25-29-49)23-27-48(6)40(45)53;1-3-2/h9-12,15,34-37,47H,7-8,13-14,16-30H2,1-6H3,(H,51,52);3H,1H2,2H3/t34?,35?,36?,37?,42?,43-,44?,46?;/m1./s1. The number of piperidine rings is 1. The average molecular weight is 768 g/mol. The topological polar surface area (TPSA) is 89.9 Å². The molecule has 2 heterocycles. The quantitative estimate of drug-likeness (QED) is 0.213. The van der Waals surface area contributed by atoms with E-state index in [0.29, 0.717) is 40.1 Å². The minimum absolute atomic E-state index is 0.0270. The predicted octanol–water partition coefficient (Wildman–Crippen LogP) is 9.88. The third-order valence-corrected chi connectivity index (χ3v) is 18.4. The molecule has 56 heavy (non-hydrogen) atoms. The monoisotopic (exact) mass is 768 g/mol. The number of aromatic carboxylic acids is 1. The number of carboxylic acid groups (broad SMARTS) is 1. The Hall–Kier alpha value is -2.93. The largest absolute Gasteiger partial charge is 0.478 e. The number of carbonyl (C=O) groups is 3. The van der Waals surface area contributed by atoms with Gasteiger partial charge in [0.2, 0.25) is 11.8 Å². The van der Waals surface area contributed by atoms with Gasteiger partial charge in [-0.25, -0.2) is 4.79 Å². The van der Waals surface area contributed by atoms with E-state index in [1.165, 1.54) is 68.9 Å². The third-order valence-electron chi connectivity index (χ3n) is 18.4. The molecule has 7 aliphatic rings. The van der Waals surface area contributed by atoms with Crippen LogP contribution in [0, 0.1) is 56.2 Å². The molecule has 7 unspecified atom stereocenters. The molecule has 0 aromatic heterocycles. The number of fused-ring (bicyclic) bond motifs is 7. The Bertz CT molecular complexity index is 1710. The van der Waals surface area contributed by atoms with E-state index in [-0.39, 0.29) is 28.1 Å². The number of nitrogens with zero attached hydrogens (tertiary/aromatic N) is 2. The summed E-state index contributed by atoms with van der Waals surface area (Å²) in [6.07, 6.45) is 20.5. The highest BCUT2D eigenvalue weighted by Gasteiger charge is 2.69. The summed E-state index contributed by atoms with van der Waals surface area (Å²) < 4.78 is 0. The maximum absolute atomic E-state index is 13.3. The second-order valence-corrected chi connectivity index (χ2v) is 20.9. The van der Waals surface area contributed by atoms with E-state index in [2.05, 4.69) is 52.6 Å². The number of nitrogens with one attached hydrogen (secondary N) is 1. The van der Waals surface area contributed by atoms with Gasteiger partial charge in [-0.1, -0.05) is 65.3 Å². The van der Waals surface area contributed by atoms with Crippen molar-refractivity contribution in [3.63, 3.8) is 0 Å². The minimum Gasteiger partial charge on any atom is -0.478 e. The van der Waals surface area contributed by atoms with Crippen LogP contribution in [0.1, 0.15) is 147 Å². The fraction of sp³-hybridized carbons (Fsp3) is 0.735. The van der Waals surface area contributed by atoms with Crippen molar-refractivity contribution in [3.05, 3.63) is 54.1 Å². The van der Waals surface area contributed by atoms with Crippen molar-refractivity contribution < 1.29 is 19.5 Å². The summed E-state index contributed by atoms with van der Waals surface area (Å²) in [5, 5.41) is 13.3. The molecule has 308 valence electrons. The third kappa shape index (κ3) is 6.43. The first-order valence-corrected chi connectivity index (χ1v) is 22.4. The molecular formula is C49H73N3O4. The Morgan fingerprint density at radius 2 is 1.54 bits per heavy atom. The average Bonchev–Trinajstić information content (AvgIpc) is 3.71. The molecule has 1 aromatic carbocycles. The Morgan fingerprint density at radius 3 is 2.18 bits per heavy atom. The predicted molar refractivity (Wildman–Crippen MR) is 226 cm³/mol. The van der Waals surface area contributed by atoms with Crippen LogP contribution in [-0.2, 0) is 9.59 Å². The summed E-state index contributed by atoms with van der Waals surface area (Å²) in [5.41, 5.74) is 4.05. The summed E-state index contributed by atoms with van der Waals surface area (Å²) in [6, 6.07) is 7.61. The van der Waals surface area contributed by atoms with Crippen LogP contribution in [0.25, 0.3) is 5.57 Å². The first-order chi connectivity index (χ1) is 26.5. The molecule has 8 atom stereocenters. The molecule has 2 N–H and O–H groups in total. The molecule has 8 rings (SSSR count). The first kappa shape index (κ1) is 41.2. The molecule has 0 bridgehead atoms. The number of likely N-dealkylation sites (tertiary alicyclic amines) is 2. The molecule has 1 spiro atoms. The second kappa shape index (κ2) is 15.0. The molecule has 0 radical (unpaired) electrons. The van der Waals surface area contributed by atoms with Crippen LogP contribution in [0.15, 0.2) is 43.0 Å². The SMILES string of the molecule is C=CC.CN1CCC2(CCN(C(=O)CCNCC34CCCC3C3CCC5C6(C)CC=C(c7ccc(C(=O)O)cc7)C(C)(C)C6CCC5(C)[C@]3(C)CC4)CC2)C1=O. The number of carbonyl (C=O) groups excluding carboxylic acids is 2. The number of carboxylic acids is 1. The molecule has 1 aromatic rings. The van der Waals surface area contributed by atoms with Crippen LogP contribution in [0.3, 0.4) is 0 Å². The second-order valence-electron chi connectivity index (χ2n) is 20.9. The van der Waals surface area contributed by atoms with Gasteiger partial charge in [0.25, 0.3) is 0 Å². The maximum Gasteiger partial charge on any atom is 0.335 e. The van der Waals surface area contributed by atoms with Crippen LogP contribution in [0.2, 0.25) is 0 Å². The molecule has 7 nitrogen and oxygen atoms in total. The highest BCUT2D eigenvalue weighted by atomic mass is 16.4. The van der Waals surface area contributed by atoms with Gasteiger partial charge in [-0.15, -0.1) is 6.58 Å². The molecular weight excluding hydrogens is 695 g/mol. The van der Waals surface area contributed by atoms with E-state index in [9.17, 15) is 19.5 Å². The van der Waals surface area contributed by atoms with Crippen molar-refractivity contribution in [2.45, 2.75) is 131 Å². The van der Waals surface area contributed by atoms with E-state index in [4.69, 9.17) is 0 Å². The van der Waals surface area contributed by atoms with Crippen molar-refractivity contribution in [3.8, 4) is 0 Å². The van der Waals surface area contributed by atoms with Crippen LogP contribution < -0.4 is 5.32 Å². The van der Waals surface area contributed by atoms with Crippen molar-refractivity contribution in [2.24, 2.45) is 56.2 Å². The number of benzene rings is 1. The van der Waals surface area contributed by atoms with Crippen molar-refractivity contribution in [2.75, 3.05) is 39.8 Å². The normalized spacial score (nSPS) is 38.0. The van der Waals surface area contributed by atoms with E-state index in [0.717, 1.165) is 70.2 Å². The zero-order valence-electron chi connectivity index (χ0n) is 36.0. The van der Waals surface area contributed by atoms with Gasteiger partial charge in [-0.05, 0) is 158 Å². The summed E-state index contributed by atoms with van der Waals surface area (Å²) >= 11 is 0. The van der Waals surface area contributed by atoms with Crippen LogP contribution >= 0.6 is 0 Å². The molecule has 5 aliphatic carbocycles. The highest BCUT2D eigenvalue weighted by Crippen LogP contribution is 2.77. The van der Waals surface area contributed by atoms with Gasteiger partial charge >= 0.3 is 5.97 Å². The molecule has 2 saturated heterocycles. The number of amides is 2. The fourth-order valence-corrected chi connectivity index (χ4v) is 15.2. The molecule has 6 fully saturated rings. The Kier molecular flexibility index (Phi) is 11.1. The number of allylic oxidation sites excluding steroid dienone is 3. The summed E-state index contributed by atoms with van der Waals surface area (Å²) in [7, 11) is 1.91. The van der Waals surface area contributed by atoms with Gasteiger partial charge < -0.3 is 20.2 Å². The van der Waals surface area contributed by atoms with E-state index >= 15 is 0 Å². The highest BCUT2D eigenvalue weighted by molar-refractivity contribution is 5.88.